The highest BCUT2D eigenvalue weighted by molar-refractivity contribution is 7.93. The van der Waals surface area contributed by atoms with Gasteiger partial charge in [-0.15, -0.1) is 0 Å². The molecule has 2 amide bonds. The van der Waals surface area contributed by atoms with E-state index in [0.29, 0.717) is 58.5 Å². The van der Waals surface area contributed by atoms with Crippen LogP contribution in [0.15, 0.2) is 106 Å². The number of nitrogens with zero attached hydrogens (tertiary/aromatic N) is 3. The largest absolute Gasteiger partial charge is 0.497 e. The zero-order valence-electron chi connectivity index (χ0n) is 44.0. The van der Waals surface area contributed by atoms with Crippen molar-refractivity contribution >= 4 is 94.9 Å². The Kier molecular flexibility index (Phi) is 17.1. The molecule has 1 aliphatic rings. The number of halogens is 1. The number of aryl methyl sites for hydroxylation is 2. The van der Waals surface area contributed by atoms with Crippen LogP contribution < -0.4 is 24.4 Å². The minimum atomic E-state index is -4.37. The number of aromatic nitrogens is 1. The molecule has 16 nitrogen and oxygen atoms in total. The van der Waals surface area contributed by atoms with Gasteiger partial charge in [0.05, 0.1) is 34.2 Å². The van der Waals surface area contributed by atoms with Gasteiger partial charge in [-0.05, 0) is 158 Å². The predicted octanol–water partition coefficient (Wildman–Crippen LogP) is 12.6. The second-order valence-electron chi connectivity index (χ2n) is 20.9. The maximum Gasteiger partial charge on any atom is 0.415 e. The topological polar surface area (TPSA) is 227 Å². The zero-order chi connectivity index (χ0) is 55.3. The van der Waals surface area contributed by atoms with E-state index < -0.39 is 43.9 Å². The molecule has 1 aromatic heterocycles. The summed E-state index contributed by atoms with van der Waals surface area (Å²) in [7, 11) is -6.65. The summed E-state index contributed by atoms with van der Waals surface area (Å²) in [5.41, 5.74) is 4.44. The third-order valence-electron chi connectivity index (χ3n) is 13.0. The predicted molar refractivity (Wildman–Crippen MR) is 298 cm³/mol. The standard InChI is InChI=1S/C57H63ClN6O10S2/c1-10-27-75(68,69)62-42-20-15-35(2)50(32-42)76(70,71)63-41-21-25-46(58)47(31-41)60-53(66)52(51(65)37-17-23-45(72-9)24-18-37)74-55(67)64(43-13-11-12-14-43)44-22-16-38(36(3)28-44)29-39(33-59)54-61-48-30-40(19-26-49(48)73-54)57(7,8)34-56(4,5)6/h15-26,28-32,43,52,62-63H,10-14,27,34H2,1-9H3,(H,60,66). The first-order valence-corrected chi connectivity index (χ1v) is 28.4. The number of rotatable bonds is 19. The third kappa shape index (κ3) is 13.6. The average molecular weight is 1090 g/mol. The molecule has 1 fully saturated rings. The number of sulfonamides is 2. The number of amides is 2. The molecule has 0 bridgehead atoms. The van der Waals surface area contributed by atoms with Crippen molar-refractivity contribution in [3.05, 3.63) is 136 Å². The summed E-state index contributed by atoms with van der Waals surface area (Å²) in [6.07, 6.45) is 2.76. The van der Waals surface area contributed by atoms with E-state index >= 15 is 0 Å². The summed E-state index contributed by atoms with van der Waals surface area (Å²) < 4.78 is 74.8. The molecule has 3 N–H and O–H groups in total. The molecular weight excluding hydrogens is 1030 g/mol. The number of fused-ring (bicyclic) bond motifs is 1. The summed E-state index contributed by atoms with van der Waals surface area (Å²) in [4.78, 5) is 49.4. The SMILES string of the molecule is CCCS(=O)(=O)Nc1ccc(C)c(S(=O)(=O)Nc2ccc(Cl)c(NC(=O)C(OC(=O)N(c3ccc(C=C(C#N)c4nc5cc(C(C)(C)CC(C)(C)C)ccc5o4)c(C)c3)C3CCCC3)C(=O)c3ccc(OC)cc3)c2)c1. The second kappa shape index (κ2) is 23.0. The molecule has 400 valence electrons. The van der Waals surface area contributed by atoms with Crippen molar-refractivity contribution in [3.8, 4) is 11.8 Å². The number of nitriles is 1. The molecule has 1 saturated carbocycles. The number of carbonyl (C=O) groups excluding carboxylic acids is 3. The van der Waals surface area contributed by atoms with E-state index in [4.69, 9.17) is 30.5 Å². The molecule has 19 heteroatoms. The molecule has 1 atom stereocenters. The van der Waals surface area contributed by atoms with Crippen LogP contribution in [0.5, 0.6) is 5.75 Å². The van der Waals surface area contributed by atoms with Crippen LogP contribution in [0.3, 0.4) is 0 Å². The van der Waals surface area contributed by atoms with Crippen LogP contribution in [0.1, 0.15) is 119 Å². The fourth-order valence-corrected chi connectivity index (χ4v) is 12.2. The van der Waals surface area contributed by atoms with E-state index in [1.807, 2.05) is 25.1 Å². The summed E-state index contributed by atoms with van der Waals surface area (Å²) in [5, 5.41) is 12.9. The molecule has 1 heterocycles. The van der Waals surface area contributed by atoms with Gasteiger partial charge in [0.1, 0.15) is 22.9 Å². The quantitative estimate of drug-likeness (QED) is 0.0391. The van der Waals surface area contributed by atoms with Crippen LogP contribution in [0.25, 0.3) is 22.7 Å². The van der Waals surface area contributed by atoms with Gasteiger partial charge in [0.25, 0.3) is 15.9 Å². The third-order valence-corrected chi connectivity index (χ3v) is 16.3. The molecule has 6 aromatic rings. The Hall–Kier alpha value is -7.20. The second-order valence-corrected chi connectivity index (χ2v) is 24.8. The summed E-state index contributed by atoms with van der Waals surface area (Å²) >= 11 is 6.58. The van der Waals surface area contributed by atoms with Crippen LogP contribution in [0.4, 0.5) is 27.5 Å². The van der Waals surface area contributed by atoms with Crippen molar-refractivity contribution in [2.24, 2.45) is 5.41 Å². The van der Waals surface area contributed by atoms with Crippen LogP contribution in [-0.2, 0) is 35.0 Å². The van der Waals surface area contributed by atoms with Crippen molar-refractivity contribution in [1.82, 2.24) is 4.98 Å². The Morgan fingerprint density at radius 1 is 0.882 bits per heavy atom. The number of nitrogens with one attached hydrogen (secondary N) is 3. The van der Waals surface area contributed by atoms with Crippen LogP contribution >= 0.6 is 11.6 Å². The van der Waals surface area contributed by atoms with Crippen LogP contribution in [-0.4, -0.2) is 64.6 Å². The van der Waals surface area contributed by atoms with Gasteiger partial charge in [-0.3, -0.25) is 23.9 Å². The normalized spacial score (nSPS) is 13.9. The maximum atomic E-state index is 14.7. The zero-order valence-corrected chi connectivity index (χ0v) is 46.4. The van der Waals surface area contributed by atoms with E-state index in [2.05, 4.69) is 55.4 Å². The minimum absolute atomic E-state index is 0.0207. The van der Waals surface area contributed by atoms with Gasteiger partial charge in [-0.2, -0.15) is 5.26 Å². The van der Waals surface area contributed by atoms with Gasteiger partial charge in [-0.25, -0.2) is 26.6 Å². The van der Waals surface area contributed by atoms with Gasteiger partial charge in [0.2, 0.25) is 27.8 Å². The van der Waals surface area contributed by atoms with Crippen molar-refractivity contribution in [2.75, 3.05) is 32.5 Å². The molecule has 5 aromatic carbocycles. The molecule has 0 saturated heterocycles. The average Bonchev–Trinajstić information content (AvgIpc) is 4.04. The first kappa shape index (κ1) is 56.5. The fourth-order valence-electron chi connectivity index (χ4n) is 9.62. The number of hydrogen-bond donors (Lipinski definition) is 3. The molecule has 76 heavy (non-hydrogen) atoms. The van der Waals surface area contributed by atoms with Gasteiger partial charge in [-0.1, -0.05) is 84.2 Å². The lowest BCUT2D eigenvalue weighted by molar-refractivity contribution is -0.122. The summed E-state index contributed by atoms with van der Waals surface area (Å²) in [6.45, 7) is 16.1. The number of methoxy groups -OCH3 is 1. The maximum absolute atomic E-state index is 14.7. The van der Waals surface area contributed by atoms with Crippen LogP contribution in [0.2, 0.25) is 5.02 Å². The van der Waals surface area contributed by atoms with Crippen molar-refractivity contribution in [3.63, 3.8) is 0 Å². The van der Waals surface area contributed by atoms with Crippen molar-refractivity contribution < 1.29 is 45.1 Å². The van der Waals surface area contributed by atoms with E-state index in [-0.39, 0.29) is 66.6 Å². The number of hydrogen-bond acceptors (Lipinski definition) is 12. The molecule has 0 aliphatic heterocycles. The molecular formula is C57H63ClN6O10S2. The number of carbonyl (C=O) groups is 3. The van der Waals surface area contributed by atoms with Gasteiger partial charge >= 0.3 is 6.09 Å². The van der Waals surface area contributed by atoms with Gasteiger partial charge in [0, 0.05) is 23.0 Å². The van der Waals surface area contributed by atoms with Crippen LogP contribution in [0, 0.1) is 30.6 Å². The highest BCUT2D eigenvalue weighted by Crippen LogP contribution is 2.38. The van der Waals surface area contributed by atoms with Crippen molar-refractivity contribution in [2.45, 2.75) is 116 Å². The van der Waals surface area contributed by atoms with Gasteiger partial charge < -0.3 is 19.2 Å². The number of Topliss-reactive ketones (excluding diaryl/α,β-unsaturated/α-hetero) is 1. The van der Waals surface area contributed by atoms with E-state index in [1.165, 1.54) is 72.7 Å². The number of allylic oxidation sites excluding steroid dienone is 1. The number of ether oxygens (including phenoxy) is 2. The summed E-state index contributed by atoms with van der Waals surface area (Å²) in [5.74, 6) is -1.53. The fraction of sp³-hybridized carbons (Fsp3) is 0.351. The molecule has 1 unspecified atom stereocenters. The lowest BCUT2D eigenvalue weighted by Gasteiger charge is -2.32. The molecule has 0 radical (unpaired) electrons. The minimum Gasteiger partial charge on any atom is -0.497 e. The highest BCUT2D eigenvalue weighted by atomic mass is 35.5. The molecule has 1 aliphatic carbocycles. The summed E-state index contributed by atoms with van der Waals surface area (Å²) in [6, 6.07) is 26.9. The molecule has 7 rings (SSSR count). The Morgan fingerprint density at radius 3 is 2.21 bits per heavy atom. The Balaban J connectivity index is 1.16. The first-order chi connectivity index (χ1) is 35.8. The lowest BCUT2D eigenvalue weighted by atomic mass is 9.72. The smallest absolute Gasteiger partial charge is 0.415 e. The Labute approximate surface area is 449 Å². The van der Waals surface area contributed by atoms with E-state index in [0.717, 1.165) is 24.8 Å². The first-order valence-electron chi connectivity index (χ1n) is 24.9. The van der Waals surface area contributed by atoms with E-state index in [9.17, 15) is 36.5 Å². The highest BCUT2D eigenvalue weighted by Gasteiger charge is 2.37. The lowest BCUT2D eigenvalue weighted by Crippen LogP contribution is -2.46. The Morgan fingerprint density at radius 2 is 1.57 bits per heavy atom. The van der Waals surface area contributed by atoms with Crippen molar-refractivity contribution in [1.29, 1.82) is 5.26 Å². The Bertz CT molecular complexity index is 3480. The number of ketones is 1. The number of benzene rings is 5. The monoisotopic (exact) mass is 1090 g/mol. The molecule has 0 spiro atoms. The number of oxazole rings is 1. The van der Waals surface area contributed by atoms with Gasteiger partial charge in [0.15, 0.2) is 5.58 Å². The van der Waals surface area contributed by atoms with E-state index in [1.54, 1.807) is 38.1 Å². The number of anilines is 4.